The molecule has 0 bridgehead atoms. The number of nitrogens with one attached hydrogen (secondary N) is 2. The van der Waals surface area contributed by atoms with Crippen LogP contribution in [0.2, 0.25) is 0 Å². The van der Waals surface area contributed by atoms with Gasteiger partial charge in [0.1, 0.15) is 5.82 Å². The minimum absolute atomic E-state index is 0. The normalized spacial score (nSPS) is 18.2. The van der Waals surface area contributed by atoms with E-state index < -0.39 is 0 Å². The van der Waals surface area contributed by atoms with Gasteiger partial charge in [-0.25, -0.2) is 4.39 Å². The number of rotatable bonds is 6. The highest BCUT2D eigenvalue weighted by atomic mass is 35.5. The molecule has 7 heteroatoms. The number of hydrogen-bond acceptors (Lipinski definition) is 3. The second-order valence-electron chi connectivity index (χ2n) is 8.19. The van der Waals surface area contributed by atoms with Gasteiger partial charge in [0.25, 0.3) is 0 Å². The van der Waals surface area contributed by atoms with E-state index in [-0.39, 0.29) is 36.0 Å². The number of hydrogen-bond donors (Lipinski definition) is 2. The molecule has 0 saturated carbocycles. The van der Waals surface area contributed by atoms with Gasteiger partial charge in [-0.1, -0.05) is 12.1 Å². The zero-order valence-electron chi connectivity index (χ0n) is 17.2. The Morgan fingerprint density at radius 1 is 1.17 bits per heavy atom. The van der Waals surface area contributed by atoms with E-state index >= 15 is 0 Å². The molecular formula is C22H33ClFN3O2. The summed E-state index contributed by atoms with van der Waals surface area (Å²) in [4.78, 5) is 26.8. The van der Waals surface area contributed by atoms with Crippen LogP contribution >= 0.6 is 12.4 Å². The first-order valence-corrected chi connectivity index (χ1v) is 10.5. The molecule has 0 unspecified atom stereocenters. The lowest BCUT2D eigenvalue weighted by Gasteiger charge is -2.32. The average molecular weight is 426 g/mol. The number of nitrogens with zero attached hydrogens (tertiary/aromatic N) is 1. The summed E-state index contributed by atoms with van der Waals surface area (Å²) in [7, 11) is 0. The van der Waals surface area contributed by atoms with E-state index in [1.54, 1.807) is 13.0 Å². The topological polar surface area (TPSA) is 61.4 Å². The predicted molar refractivity (Wildman–Crippen MR) is 114 cm³/mol. The van der Waals surface area contributed by atoms with Crippen molar-refractivity contribution >= 4 is 24.2 Å². The van der Waals surface area contributed by atoms with Crippen molar-refractivity contribution in [3.05, 3.63) is 35.1 Å². The van der Waals surface area contributed by atoms with Crippen molar-refractivity contribution in [2.24, 2.45) is 11.8 Å². The molecule has 1 aromatic rings. The molecule has 0 aliphatic carbocycles. The number of amides is 2. The van der Waals surface area contributed by atoms with Gasteiger partial charge < -0.3 is 15.5 Å². The maximum atomic E-state index is 13.6. The van der Waals surface area contributed by atoms with Crippen molar-refractivity contribution in [2.75, 3.05) is 26.2 Å². The maximum absolute atomic E-state index is 13.6. The second-order valence-corrected chi connectivity index (χ2v) is 8.19. The molecule has 2 saturated heterocycles. The van der Waals surface area contributed by atoms with Gasteiger partial charge in [0.15, 0.2) is 0 Å². The van der Waals surface area contributed by atoms with Crippen molar-refractivity contribution in [1.29, 1.82) is 0 Å². The first kappa shape index (κ1) is 23.6. The molecule has 1 aromatic carbocycles. The van der Waals surface area contributed by atoms with E-state index in [4.69, 9.17) is 0 Å². The maximum Gasteiger partial charge on any atom is 0.223 e. The summed E-state index contributed by atoms with van der Waals surface area (Å²) in [5.74, 6) is 0.585. The van der Waals surface area contributed by atoms with Gasteiger partial charge >= 0.3 is 0 Å². The Hall–Kier alpha value is -1.66. The SMILES string of the molecule is Cc1ccc(CNC(=O)C2CCN(C(=O)CCC3CCNCC3)CC2)cc1F.Cl. The number of benzene rings is 1. The van der Waals surface area contributed by atoms with Crippen LogP contribution in [0.5, 0.6) is 0 Å². The Morgan fingerprint density at radius 3 is 2.52 bits per heavy atom. The summed E-state index contributed by atoms with van der Waals surface area (Å²) >= 11 is 0. The molecule has 29 heavy (non-hydrogen) atoms. The molecule has 162 valence electrons. The lowest BCUT2D eigenvalue weighted by Crippen LogP contribution is -2.43. The fourth-order valence-corrected chi connectivity index (χ4v) is 4.13. The Kier molecular flexibility index (Phi) is 9.37. The monoisotopic (exact) mass is 425 g/mol. The Bertz CT molecular complexity index is 687. The number of halogens is 2. The first-order valence-electron chi connectivity index (χ1n) is 10.5. The van der Waals surface area contributed by atoms with Crippen LogP contribution in [0.3, 0.4) is 0 Å². The number of piperidine rings is 2. The predicted octanol–water partition coefficient (Wildman–Crippen LogP) is 3.19. The Balaban J connectivity index is 0.00000300. The lowest BCUT2D eigenvalue weighted by atomic mass is 9.92. The molecule has 2 aliphatic rings. The molecule has 3 rings (SSSR count). The molecule has 5 nitrogen and oxygen atoms in total. The van der Waals surface area contributed by atoms with Crippen molar-refractivity contribution < 1.29 is 14.0 Å². The highest BCUT2D eigenvalue weighted by molar-refractivity contribution is 5.85. The minimum Gasteiger partial charge on any atom is -0.352 e. The quantitative estimate of drug-likeness (QED) is 0.735. The number of carbonyl (C=O) groups is 2. The second kappa shape index (κ2) is 11.5. The van der Waals surface area contributed by atoms with E-state index in [2.05, 4.69) is 10.6 Å². The van der Waals surface area contributed by atoms with Gasteiger partial charge in [-0.05, 0) is 75.2 Å². The van der Waals surface area contributed by atoms with Gasteiger partial charge in [0, 0.05) is 32.0 Å². The molecule has 0 atom stereocenters. The van der Waals surface area contributed by atoms with Gasteiger partial charge in [0.05, 0.1) is 0 Å². The summed E-state index contributed by atoms with van der Waals surface area (Å²) < 4.78 is 13.6. The average Bonchev–Trinajstić information content (AvgIpc) is 2.73. The highest BCUT2D eigenvalue weighted by Crippen LogP contribution is 2.22. The summed E-state index contributed by atoms with van der Waals surface area (Å²) in [6.45, 7) is 5.50. The molecule has 2 aliphatic heterocycles. The van der Waals surface area contributed by atoms with Crippen LogP contribution in [-0.4, -0.2) is 42.9 Å². The molecular weight excluding hydrogens is 393 g/mol. The Morgan fingerprint density at radius 2 is 1.86 bits per heavy atom. The van der Waals surface area contributed by atoms with E-state index in [0.29, 0.717) is 50.4 Å². The van der Waals surface area contributed by atoms with Gasteiger partial charge in [-0.2, -0.15) is 0 Å². The third-order valence-corrected chi connectivity index (χ3v) is 6.15. The zero-order chi connectivity index (χ0) is 19.9. The van der Waals surface area contributed by atoms with Crippen LogP contribution in [0.1, 0.15) is 49.7 Å². The van der Waals surface area contributed by atoms with Crippen LogP contribution in [0, 0.1) is 24.6 Å². The number of carbonyl (C=O) groups excluding carboxylic acids is 2. The van der Waals surface area contributed by atoms with E-state index in [9.17, 15) is 14.0 Å². The van der Waals surface area contributed by atoms with E-state index in [0.717, 1.165) is 25.1 Å². The summed E-state index contributed by atoms with van der Waals surface area (Å²) in [5, 5.41) is 6.27. The summed E-state index contributed by atoms with van der Waals surface area (Å²) in [6.07, 6.45) is 5.34. The number of aryl methyl sites for hydroxylation is 1. The van der Waals surface area contributed by atoms with Crippen LogP contribution in [-0.2, 0) is 16.1 Å². The molecule has 2 N–H and O–H groups in total. The Labute approximate surface area is 179 Å². The fourth-order valence-electron chi connectivity index (χ4n) is 4.13. The van der Waals surface area contributed by atoms with Gasteiger partial charge in [-0.15, -0.1) is 12.4 Å². The smallest absolute Gasteiger partial charge is 0.223 e. The van der Waals surface area contributed by atoms with Crippen molar-refractivity contribution in [3.63, 3.8) is 0 Å². The molecule has 2 heterocycles. The van der Waals surface area contributed by atoms with Gasteiger partial charge in [-0.3, -0.25) is 9.59 Å². The molecule has 0 spiro atoms. The van der Waals surface area contributed by atoms with Crippen molar-refractivity contribution in [2.45, 2.75) is 52.0 Å². The zero-order valence-corrected chi connectivity index (χ0v) is 18.0. The number of likely N-dealkylation sites (tertiary alicyclic amines) is 1. The summed E-state index contributed by atoms with van der Waals surface area (Å²) in [5.41, 5.74) is 1.37. The largest absolute Gasteiger partial charge is 0.352 e. The van der Waals surface area contributed by atoms with E-state index in [1.807, 2.05) is 11.0 Å². The first-order chi connectivity index (χ1) is 13.5. The van der Waals surface area contributed by atoms with Gasteiger partial charge in [0.2, 0.25) is 11.8 Å². The molecule has 2 fully saturated rings. The third kappa shape index (κ3) is 6.96. The van der Waals surface area contributed by atoms with E-state index in [1.165, 1.54) is 18.9 Å². The third-order valence-electron chi connectivity index (χ3n) is 6.15. The lowest BCUT2D eigenvalue weighted by molar-refractivity contribution is -0.136. The molecule has 2 amide bonds. The van der Waals surface area contributed by atoms with Crippen molar-refractivity contribution in [3.8, 4) is 0 Å². The van der Waals surface area contributed by atoms with Crippen LogP contribution in [0.25, 0.3) is 0 Å². The van der Waals surface area contributed by atoms with Crippen LogP contribution in [0.15, 0.2) is 18.2 Å². The van der Waals surface area contributed by atoms with Crippen molar-refractivity contribution in [1.82, 2.24) is 15.5 Å². The molecule has 0 radical (unpaired) electrons. The minimum atomic E-state index is -0.247. The standard InChI is InChI=1S/C22H32FN3O2.ClH/c1-16-2-3-18(14-20(16)23)15-25-22(28)19-8-12-26(13-9-19)21(27)5-4-17-6-10-24-11-7-17;/h2-3,14,17,19,24H,4-13,15H2,1H3,(H,25,28);1H. The fraction of sp³-hybridized carbons (Fsp3) is 0.636. The molecule has 0 aromatic heterocycles. The highest BCUT2D eigenvalue weighted by Gasteiger charge is 2.27. The van der Waals surface area contributed by atoms with Crippen LogP contribution < -0.4 is 10.6 Å². The summed E-state index contributed by atoms with van der Waals surface area (Å²) in [6, 6.07) is 5.03. The van der Waals surface area contributed by atoms with Crippen LogP contribution in [0.4, 0.5) is 4.39 Å².